The molecule has 1 spiro atoms. The van der Waals surface area contributed by atoms with E-state index in [-0.39, 0.29) is 17.9 Å². The molecule has 1 heterocycles. The summed E-state index contributed by atoms with van der Waals surface area (Å²) >= 11 is 0. The van der Waals surface area contributed by atoms with E-state index < -0.39 is 0 Å². The molecule has 3 fully saturated rings. The number of nitrogens with zero attached hydrogens (tertiary/aromatic N) is 1. The third-order valence-electron chi connectivity index (χ3n) is 4.24. The highest BCUT2D eigenvalue weighted by Crippen LogP contribution is 2.40. The second-order valence-corrected chi connectivity index (χ2v) is 5.38. The summed E-state index contributed by atoms with van der Waals surface area (Å²) in [5.41, 5.74) is 0. The summed E-state index contributed by atoms with van der Waals surface area (Å²) in [4.78, 5) is 2.33. The predicted octanol–water partition coefficient (Wildman–Crippen LogP) is 0.737. The quantitative estimate of drug-likeness (QED) is 0.755. The molecule has 16 heavy (non-hydrogen) atoms. The summed E-state index contributed by atoms with van der Waals surface area (Å²) in [5.74, 6) is -0.382. The molecule has 1 aliphatic heterocycles. The highest BCUT2D eigenvalue weighted by molar-refractivity contribution is 4.96. The second kappa shape index (κ2) is 3.95. The fraction of sp³-hybridized carbons (Fsp3) is 1.00. The Morgan fingerprint density at radius 3 is 2.50 bits per heavy atom. The van der Waals surface area contributed by atoms with Crippen molar-refractivity contribution in [2.75, 3.05) is 20.3 Å². The Balaban J connectivity index is 1.70. The summed E-state index contributed by atoms with van der Waals surface area (Å²) in [5, 5.41) is 10.1. The van der Waals surface area contributed by atoms with Gasteiger partial charge in [0.2, 0.25) is 0 Å². The zero-order chi connectivity index (χ0) is 11.2. The van der Waals surface area contributed by atoms with Crippen molar-refractivity contribution in [2.45, 2.75) is 56.1 Å². The maximum atomic E-state index is 10.1. The number of aliphatic hydroxyl groups is 1. The Morgan fingerprint density at radius 2 is 1.88 bits per heavy atom. The number of hydrogen-bond acceptors (Lipinski definition) is 4. The first-order valence-electron chi connectivity index (χ1n) is 6.38. The van der Waals surface area contributed by atoms with Crippen LogP contribution in [-0.4, -0.2) is 54.2 Å². The van der Waals surface area contributed by atoms with Gasteiger partial charge in [0, 0.05) is 24.9 Å². The van der Waals surface area contributed by atoms with E-state index in [2.05, 4.69) is 11.9 Å². The highest BCUT2D eigenvalue weighted by atomic mass is 16.7. The fourth-order valence-electron chi connectivity index (χ4n) is 3.04. The van der Waals surface area contributed by atoms with Crippen molar-refractivity contribution in [1.29, 1.82) is 0 Å². The minimum Gasteiger partial charge on any atom is -0.391 e. The van der Waals surface area contributed by atoms with Gasteiger partial charge in [-0.15, -0.1) is 0 Å². The molecule has 2 saturated carbocycles. The Labute approximate surface area is 96.5 Å². The molecule has 2 unspecified atom stereocenters. The van der Waals surface area contributed by atoms with Gasteiger partial charge < -0.3 is 14.6 Å². The number of aliphatic hydroxyl groups excluding tert-OH is 1. The molecule has 0 aromatic carbocycles. The largest absolute Gasteiger partial charge is 0.391 e. The maximum absolute atomic E-state index is 10.1. The molecule has 1 saturated heterocycles. The normalized spacial score (nSPS) is 38.4. The van der Waals surface area contributed by atoms with E-state index in [1.165, 1.54) is 12.8 Å². The molecule has 0 amide bonds. The van der Waals surface area contributed by atoms with Crippen LogP contribution in [0.25, 0.3) is 0 Å². The molecule has 92 valence electrons. The lowest BCUT2D eigenvalue weighted by Gasteiger charge is -2.43. The van der Waals surface area contributed by atoms with Gasteiger partial charge in [0.05, 0.1) is 19.3 Å². The number of rotatable bonds is 2. The van der Waals surface area contributed by atoms with Crippen molar-refractivity contribution in [3.8, 4) is 0 Å². The second-order valence-electron chi connectivity index (χ2n) is 5.38. The Kier molecular flexibility index (Phi) is 2.70. The molecule has 0 bridgehead atoms. The zero-order valence-corrected chi connectivity index (χ0v) is 9.89. The summed E-state index contributed by atoms with van der Waals surface area (Å²) in [6.45, 7) is 1.41. The third kappa shape index (κ3) is 1.88. The minimum absolute atomic E-state index is 0.208. The molecule has 0 aromatic heterocycles. The van der Waals surface area contributed by atoms with Crippen LogP contribution in [0.15, 0.2) is 0 Å². The van der Waals surface area contributed by atoms with E-state index >= 15 is 0 Å². The Morgan fingerprint density at radius 1 is 1.19 bits per heavy atom. The maximum Gasteiger partial charge on any atom is 0.170 e. The Hall–Kier alpha value is -0.160. The standard InChI is InChI=1S/C12H21NO3/c1-13(9-2-3-9)10-8-12(5-4-11(10)14)15-6-7-16-12/h9-11,14H,2-8H2,1H3. The minimum atomic E-state index is -0.382. The van der Waals surface area contributed by atoms with Crippen LogP contribution in [0.4, 0.5) is 0 Å². The Bertz CT molecular complexity index is 261. The lowest BCUT2D eigenvalue weighted by molar-refractivity contribution is -0.204. The van der Waals surface area contributed by atoms with Gasteiger partial charge in [0.15, 0.2) is 5.79 Å². The molecule has 0 aromatic rings. The predicted molar refractivity (Wildman–Crippen MR) is 59.1 cm³/mol. The monoisotopic (exact) mass is 227 g/mol. The van der Waals surface area contributed by atoms with E-state index in [9.17, 15) is 5.11 Å². The average Bonchev–Trinajstić information content (AvgIpc) is 3.04. The lowest BCUT2D eigenvalue weighted by Crippen LogP contribution is -2.52. The number of likely N-dealkylation sites (N-methyl/N-ethyl adjacent to an activating group) is 1. The van der Waals surface area contributed by atoms with Crippen LogP contribution in [-0.2, 0) is 9.47 Å². The van der Waals surface area contributed by atoms with Crippen LogP contribution in [0.3, 0.4) is 0 Å². The molecule has 0 radical (unpaired) electrons. The van der Waals surface area contributed by atoms with E-state index in [0.29, 0.717) is 19.3 Å². The van der Waals surface area contributed by atoms with Crippen molar-refractivity contribution < 1.29 is 14.6 Å². The zero-order valence-electron chi connectivity index (χ0n) is 9.89. The molecule has 3 rings (SSSR count). The third-order valence-corrected chi connectivity index (χ3v) is 4.24. The van der Waals surface area contributed by atoms with E-state index in [1.54, 1.807) is 0 Å². The first kappa shape index (κ1) is 11.0. The summed E-state index contributed by atoms with van der Waals surface area (Å²) in [6.07, 6.45) is 4.78. The van der Waals surface area contributed by atoms with Crippen LogP contribution in [0, 0.1) is 0 Å². The van der Waals surface area contributed by atoms with Gasteiger partial charge in [0.25, 0.3) is 0 Å². The molecule has 4 heteroatoms. The van der Waals surface area contributed by atoms with Crippen molar-refractivity contribution in [3.05, 3.63) is 0 Å². The topological polar surface area (TPSA) is 41.9 Å². The SMILES string of the molecule is CN(C1CC1)C1CC2(CCC1O)OCCO2. The molecular weight excluding hydrogens is 206 g/mol. The molecular formula is C12H21NO3. The molecule has 3 aliphatic rings. The molecule has 4 nitrogen and oxygen atoms in total. The van der Waals surface area contributed by atoms with Crippen LogP contribution in [0.2, 0.25) is 0 Å². The van der Waals surface area contributed by atoms with Crippen LogP contribution in [0.5, 0.6) is 0 Å². The number of ether oxygens (including phenoxy) is 2. The summed E-state index contributed by atoms with van der Waals surface area (Å²) in [6, 6.07) is 0.885. The van der Waals surface area contributed by atoms with E-state index in [1.807, 2.05) is 0 Å². The van der Waals surface area contributed by atoms with Crippen molar-refractivity contribution in [2.24, 2.45) is 0 Å². The summed E-state index contributed by atoms with van der Waals surface area (Å²) < 4.78 is 11.5. The molecule has 1 N–H and O–H groups in total. The average molecular weight is 227 g/mol. The highest BCUT2D eigenvalue weighted by Gasteiger charge is 2.47. The van der Waals surface area contributed by atoms with Crippen molar-refractivity contribution >= 4 is 0 Å². The van der Waals surface area contributed by atoms with Crippen LogP contribution >= 0.6 is 0 Å². The van der Waals surface area contributed by atoms with Gasteiger partial charge in [0.1, 0.15) is 0 Å². The molecule has 2 atom stereocenters. The van der Waals surface area contributed by atoms with Gasteiger partial charge in [-0.05, 0) is 26.3 Å². The molecule has 2 aliphatic carbocycles. The van der Waals surface area contributed by atoms with Gasteiger partial charge >= 0.3 is 0 Å². The number of hydrogen-bond donors (Lipinski definition) is 1. The van der Waals surface area contributed by atoms with Gasteiger partial charge in [-0.3, -0.25) is 4.90 Å². The van der Waals surface area contributed by atoms with Crippen molar-refractivity contribution in [1.82, 2.24) is 4.90 Å². The van der Waals surface area contributed by atoms with Crippen LogP contribution in [0.1, 0.15) is 32.1 Å². The van der Waals surface area contributed by atoms with Crippen LogP contribution < -0.4 is 0 Å². The summed E-state index contributed by atoms with van der Waals surface area (Å²) in [7, 11) is 2.12. The fourth-order valence-corrected chi connectivity index (χ4v) is 3.04. The van der Waals surface area contributed by atoms with E-state index in [0.717, 1.165) is 19.3 Å². The first-order chi connectivity index (χ1) is 7.70. The van der Waals surface area contributed by atoms with Gasteiger partial charge in [-0.1, -0.05) is 0 Å². The van der Waals surface area contributed by atoms with Gasteiger partial charge in [-0.2, -0.15) is 0 Å². The first-order valence-corrected chi connectivity index (χ1v) is 6.38. The van der Waals surface area contributed by atoms with Crippen molar-refractivity contribution in [3.63, 3.8) is 0 Å². The lowest BCUT2D eigenvalue weighted by atomic mass is 9.86. The van der Waals surface area contributed by atoms with Gasteiger partial charge in [-0.25, -0.2) is 0 Å². The van der Waals surface area contributed by atoms with E-state index in [4.69, 9.17) is 9.47 Å². The smallest absolute Gasteiger partial charge is 0.170 e.